The Labute approximate surface area is 105 Å². The van der Waals surface area contributed by atoms with E-state index in [1.807, 2.05) is 0 Å². The van der Waals surface area contributed by atoms with Gasteiger partial charge in [0.1, 0.15) is 0 Å². The molecule has 18 heavy (non-hydrogen) atoms. The quantitative estimate of drug-likeness (QED) is 0.786. The molecule has 7 heteroatoms. The van der Waals surface area contributed by atoms with Gasteiger partial charge in [0, 0.05) is 5.56 Å². The van der Waals surface area contributed by atoms with E-state index in [2.05, 4.69) is 15.2 Å². The molecule has 1 aromatic heterocycles. The summed E-state index contributed by atoms with van der Waals surface area (Å²) < 4.78 is 37.7. The Kier molecular flexibility index (Phi) is 3.51. The highest BCUT2D eigenvalue weighted by Gasteiger charge is 2.30. The topological polar surface area (TPSA) is 38.7 Å². The van der Waals surface area contributed by atoms with Crippen LogP contribution in [0.15, 0.2) is 35.6 Å². The number of alkyl halides is 3. The van der Waals surface area contributed by atoms with Crippen molar-refractivity contribution in [1.29, 1.82) is 0 Å². The first-order valence-corrected chi connectivity index (χ1v) is 6.14. The highest BCUT2D eigenvalue weighted by Crippen LogP contribution is 2.31. The minimum absolute atomic E-state index is 0.370. The molecule has 3 nitrogen and oxygen atoms in total. The number of rotatable bonds is 2. The molecular weight excluding hydrogens is 263 g/mol. The van der Waals surface area contributed by atoms with Crippen molar-refractivity contribution >= 4 is 11.8 Å². The van der Waals surface area contributed by atoms with E-state index in [1.54, 1.807) is 12.3 Å². The standard InChI is InChI=1S/C11H8F3N3S/c1-18-10-16-9(6-15-17-10)7-3-2-4-8(5-7)11(12,13)14/h2-6H,1H3. The second kappa shape index (κ2) is 4.93. The van der Waals surface area contributed by atoms with Gasteiger partial charge in [0.05, 0.1) is 17.5 Å². The summed E-state index contributed by atoms with van der Waals surface area (Å²) in [6.07, 6.45) is -1.25. The van der Waals surface area contributed by atoms with Crippen molar-refractivity contribution < 1.29 is 13.2 Å². The van der Waals surface area contributed by atoms with Crippen LogP contribution in [0.3, 0.4) is 0 Å². The van der Waals surface area contributed by atoms with E-state index in [1.165, 1.54) is 24.0 Å². The Hall–Kier alpha value is -1.63. The second-order valence-electron chi connectivity index (χ2n) is 3.41. The summed E-state index contributed by atoms with van der Waals surface area (Å²) in [6, 6.07) is 4.98. The SMILES string of the molecule is CSc1nncc(-c2cccc(C(F)(F)F)c2)n1. The molecule has 0 fully saturated rings. The van der Waals surface area contributed by atoms with Crippen LogP contribution in [0.5, 0.6) is 0 Å². The fourth-order valence-electron chi connectivity index (χ4n) is 1.37. The summed E-state index contributed by atoms with van der Waals surface area (Å²) in [5.41, 5.74) is 0.0415. The van der Waals surface area contributed by atoms with Crippen LogP contribution in [0.4, 0.5) is 13.2 Å². The van der Waals surface area contributed by atoms with Crippen molar-refractivity contribution in [2.45, 2.75) is 11.3 Å². The zero-order chi connectivity index (χ0) is 13.2. The summed E-state index contributed by atoms with van der Waals surface area (Å²) in [6.45, 7) is 0. The highest BCUT2D eigenvalue weighted by molar-refractivity contribution is 7.98. The molecule has 0 spiro atoms. The van der Waals surface area contributed by atoms with Gasteiger partial charge in [-0.1, -0.05) is 23.9 Å². The Morgan fingerprint density at radius 3 is 2.67 bits per heavy atom. The number of hydrogen-bond acceptors (Lipinski definition) is 4. The summed E-state index contributed by atoms with van der Waals surface area (Å²) in [7, 11) is 0. The molecule has 0 aliphatic heterocycles. The molecule has 2 rings (SSSR count). The molecule has 0 bridgehead atoms. The largest absolute Gasteiger partial charge is 0.416 e. The molecule has 0 aliphatic rings. The molecule has 0 atom stereocenters. The van der Waals surface area contributed by atoms with Crippen molar-refractivity contribution in [3.05, 3.63) is 36.0 Å². The van der Waals surface area contributed by atoms with E-state index in [0.29, 0.717) is 16.4 Å². The molecule has 0 aliphatic carbocycles. The van der Waals surface area contributed by atoms with Crippen LogP contribution >= 0.6 is 11.8 Å². The maximum Gasteiger partial charge on any atom is 0.416 e. The molecule has 0 saturated heterocycles. The van der Waals surface area contributed by atoms with E-state index >= 15 is 0 Å². The average molecular weight is 271 g/mol. The minimum Gasteiger partial charge on any atom is -0.219 e. The van der Waals surface area contributed by atoms with Crippen LogP contribution in [0.25, 0.3) is 11.3 Å². The van der Waals surface area contributed by atoms with Crippen LogP contribution in [0.2, 0.25) is 0 Å². The first kappa shape index (κ1) is 12.8. The monoisotopic (exact) mass is 271 g/mol. The van der Waals surface area contributed by atoms with Crippen LogP contribution in [-0.2, 0) is 6.18 Å². The van der Waals surface area contributed by atoms with Gasteiger partial charge in [-0.15, -0.1) is 5.10 Å². The Bertz CT molecular complexity index is 557. The number of benzene rings is 1. The van der Waals surface area contributed by atoms with Crippen molar-refractivity contribution in [3.63, 3.8) is 0 Å². The van der Waals surface area contributed by atoms with Crippen LogP contribution in [-0.4, -0.2) is 21.4 Å². The molecule has 2 aromatic rings. The number of halogens is 3. The molecule has 0 unspecified atom stereocenters. The lowest BCUT2D eigenvalue weighted by Gasteiger charge is -2.08. The highest BCUT2D eigenvalue weighted by atomic mass is 32.2. The summed E-state index contributed by atoms with van der Waals surface area (Å²) in [4.78, 5) is 4.11. The number of aromatic nitrogens is 3. The number of thioether (sulfide) groups is 1. The second-order valence-corrected chi connectivity index (χ2v) is 4.18. The van der Waals surface area contributed by atoms with Gasteiger partial charge in [0.15, 0.2) is 0 Å². The fourth-order valence-corrected chi connectivity index (χ4v) is 1.69. The van der Waals surface area contributed by atoms with E-state index in [-0.39, 0.29) is 0 Å². The van der Waals surface area contributed by atoms with Crippen molar-refractivity contribution in [2.75, 3.05) is 6.26 Å². The Balaban J connectivity index is 2.44. The zero-order valence-corrected chi connectivity index (χ0v) is 10.1. The van der Waals surface area contributed by atoms with Gasteiger partial charge < -0.3 is 0 Å². The first-order valence-electron chi connectivity index (χ1n) is 4.92. The zero-order valence-electron chi connectivity index (χ0n) is 9.27. The first-order chi connectivity index (χ1) is 8.50. The Morgan fingerprint density at radius 2 is 2.00 bits per heavy atom. The lowest BCUT2D eigenvalue weighted by molar-refractivity contribution is -0.137. The van der Waals surface area contributed by atoms with Gasteiger partial charge >= 0.3 is 6.18 Å². The third-order valence-corrected chi connectivity index (χ3v) is 2.75. The smallest absolute Gasteiger partial charge is 0.219 e. The lowest BCUT2D eigenvalue weighted by Crippen LogP contribution is -2.04. The molecule has 0 radical (unpaired) electrons. The number of nitrogens with zero attached hydrogens (tertiary/aromatic N) is 3. The maximum atomic E-state index is 12.6. The third-order valence-electron chi connectivity index (χ3n) is 2.21. The van der Waals surface area contributed by atoms with E-state index in [4.69, 9.17) is 0 Å². The van der Waals surface area contributed by atoms with Crippen molar-refractivity contribution in [2.24, 2.45) is 0 Å². The van der Waals surface area contributed by atoms with Gasteiger partial charge in [-0.2, -0.15) is 18.3 Å². The van der Waals surface area contributed by atoms with Crippen LogP contribution in [0.1, 0.15) is 5.56 Å². The van der Waals surface area contributed by atoms with E-state index < -0.39 is 11.7 Å². The van der Waals surface area contributed by atoms with Crippen LogP contribution < -0.4 is 0 Å². The molecule has 0 N–H and O–H groups in total. The predicted octanol–water partition coefficient (Wildman–Crippen LogP) is 3.28. The van der Waals surface area contributed by atoms with Gasteiger partial charge in [-0.3, -0.25) is 0 Å². The minimum atomic E-state index is -4.36. The maximum absolute atomic E-state index is 12.6. The van der Waals surface area contributed by atoms with Gasteiger partial charge in [0.2, 0.25) is 5.16 Å². The van der Waals surface area contributed by atoms with Gasteiger partial charge in [0.25, 0.3) is 0 Å². The summed E-state index contributed by atoms with van der Waals surface area (Å²) in [5, 5.41) is 7.86. The Morgan fingerprint density at radius 1 is 1.22 bits per heavy atom. The van der Waals surface area contributed by atoms with Gasteiger partial charge in [-0.25, -0.2) is 4.98 Å². The summed E-state index contributed by atoms with van der Waals surface area (Å²) in [5.74, 6) is 0. The van der Waals surface area contributed by atoms with Gasteiger partial charge in [-0.05, 0) is 18.4 Å². The van der Waals surface area contributed by atoms with E-state index in [9.17, 15) is 13.2 Å². The van der Waals surface area contributed by atoms with Crippen molar-refractivity contribution in [1.82, 2.24) is 15.2 Å². The predicted molar refractivity (Wildman–Crippen MR) is 62.0 cm³/mol. The molecule has 94 valence electrons. The number of hydrogen-bond donors (Lipinski definition) is 0. The molecule has 0 amide bonds. The van der Waals surface area contributed by atoms with Crippen LogP contribution in [0, 0.1) is 0 Å². The summed E-state index contributed by atoms with van der Waals surface area (Å²) >= 11 is 1.28. The third kappa shape index (κ3) is 2.79. The molecule has 1 aromatic carbocycles. The molecule has 1 heterocycles. The van der Waals surface area contributed by atoms with Crippen molar-refractivity contribution in [3.8, 4) is 11.3 Å². The fraction of sp³-hybridized carbons (Fsp3) is 0.182. The normalized spacial score (nSPS) is 11.6. The molecule has 0 saturated carbocycles. The molecular formula is C11H8F3N3S. The lowest BCUT2D eigenvalue weighted by atomic mass is 10.1. The van der Waals surface area contributed by atoms with E-state index in [0.717, 1.165) is 12.1 Å². The average Bonchev–Trinajstić information content (AvgIpc) is 2.38.